The molecule has 0 bridgehead atoms. The number of H-pyrrole nitrogens is 2. The molecule has 0 fully saturated rings. The number of fused-ring (bicyclic) bond motifs is 2. The number of hydrogen-bond acceptors (Lipinski definition) is 4. The predicted molar refractivity (Wildman–Crippen MR) is 99.6 cm³/mol. The standard InChI is InChI=1S/C10H9NO2.C9H9N3O/c1-13-10(12)8-2-3-9-7(6-8)4-5-11-9;10-12-9(13)7-1-2-8-6(5-7)3-4-11-8/h2-6,11H,1H3;1-5,11H,10H2,(H,12,13). The molecule has 4 aromatic rings. The van der Waals surface area contributed by atoms with E-state index < -0.39 is 0 Å². The molecule has 0 unspecified atom stereocenters. The molecule has 5 N–H and O–H groups in total. The Labute approximate surface area is 149 Å². The van der Waals surface area contributed by atoms with E-state index in [4.69, 9.17) is 5.84 Å². The monoisotopic (exact) mass is 350 g/mol. The van der Waals surface area contributed by atoms with Gasteiger partial charge >= 0.3 is 5.97 Å². The number of aromatic nitrogens is 2. The first-order valence-corrected chi connectivity index (χ1v) is 7.86. The van der Waals surface area contributed by atoms with Gasteiger partial charge in [-0.3, -0.25) is 10.2 Å². The molecule has 0 aliphatic carbocycles. The second kappa shape index (κ2) is 7.54. The molecule has 2 aromatic carbocycles. The minimum atomic E-state index is -0.303. The van der Waals surface area contributed by atoms with Gasteiger partial charge in [-0.1, -0.05) is 0 Å². The minimum Gasteiger partial charge on any atom is -0.465 e. The third kappa shape index (κ3) is 3.57. The molecule has 0 spiro atoms. The Kier molecular flexibility index (Phi) is 5.00. The molecule has 0 saturated carbocycles. The van der Waals surface area contributed by atoms with Gasteiger partial charge < -0.3 is 14.7 Å². The molecule has 1 amide bonds. The highest BCUT2D eigenvalue weighted by Crippen LogP contribution is 2.15. The molecule has 0 aliphatic heterocycles. The number of aromatic amines is 2. The average Bonchev–Trinajstić information content (AvgIpc) is 3.34. The van der Waals surface area contributed by atoms with Gasteiger partial charge in [0.15, 0.2) is 0 Å². The Morgan fingerprint density at radius 2 is 1.42 bits per heavy atom. The highest BCUT2D eigenvalue weighted by Gasteiger charge is 2.05. The van der Waals surface area contributed by atoms with Gasteiger partial charge in [-0.25, -0.2) is 10.6 Å². The Hall–Kier alpha value is -3.58. The van der Waals surface area contributed by atoms with E-state index in [1.54, 1.807) is 24.3 Å². The molecular weight excluding hydrogens is 332 g/mol. The summed E-state index contributed by atoms with van der Waals surface area (Å²) in [7, 11) is 1.38. The van der Waals surface area contributed by atoms with E-state index in [0.717, 1.165) is 21.8 Å². The molecule has 2 heterocycles. The molecular formula is C19H18N4O3. The first-order chi connectivity index (χ1) is 12.6. The van der Waals surface area contributed by atoms with Crippen LogP contribution >= 0.6 is 0 Å². The number of carbonyl (C=O) groups is 2. The topological polar surface area (TPSA) is 113 Å². The van der Waals surface area contributed by atoms with Gasteiger partial charge in [0.2, 0.25) is 0 Å². The summed E-state index contributed by atoms with van der Waals surface area (Å²) in [6.07, 6.45) is 3.67. The van der Waals surface area contributed by atoms with Crippen LogP contribution in [0.1, 0.15) is 20.7 Å². The number of nitrogens with one attached hydrogen (secondary N) is 3. The number of ether oxygens (including phenoxy) is 1. The smallest absolute Gasteiger partial charge is 0.337 e. The molecule has 26 heavy (non-hydrogen) atoms. The van der Waals surface area contributed by atoms with E-state index in [1.807, 2.05) is 36.7 Å². The van der Waals surface area contributed by atoms with Crippen molar-refractivity contribution in [3.05, 3.63) is 72.1 Å². The number of esters is 1. The fraction of sp³-hybridized carbons (Fsp3) is 0.0526. The number of hydrogen-bond donors (Lipinski definition) is 4. The van der Waals surface area contributed by atoms with E-state index in [0.29, 0.717) is 11.1 Å². The van der Waals surface area contributed by atoms with E-state index >= 15 is 0 Å². The Morgan fingerprint density at radius 3 is 1.96 bits per heavy atom. The lowest BCUT2D eigenvalue weighted by Gasteiger charge is -1.98. The van der Waals surface area contributed by atoms with Crippen LogP contribution in [0.3, 0.4) is 0 Å². The van der Waals surface area contributed by atoms with Crippen molar-refractivity contribution in [2.45, 2.75) is 0 Å². The lowest BCUT2D eigenvalue weighted by Crippen LogP contribution is -2.29. The van der Waals surface area contributed by atoms with Crippen LogP contribution in [0.25, 0.3) is 21.8 Å². The molecule has 0 aliphatic rings. The van der Waals surface area contributed by atoms with E-state index in [9.17, 15) is 9.59 Å². The number of rotatable bonds is 2. The van der Waals surface area contributed by atoms with Crippen molar-refractivity contribution in [2.75, 3.05) is 7.11 Å². The van der Waals surface area contributed by atoms with Gasteiger partial charge in [-0.2, -0.15) is 0 Å². The molecule has 7 nitrogen and oxygen atoms in total. The van der Waals surface area contributed by atoms with Gasteiger partial charge in [0, 0.05) is 39.8 Å². The number of nitrogen functional groups attached to an aromatic ring is 1. The summed E-state index contributed by atoms with van der Waals surface area (Å²) < 4.78 is 4.61. The van der Waals surface area contributed by atoms with Crippen LogP contribution in [-0.2, 0) is 4.74 Å². The van der Waals surface area contributed by atoms with Crippen molar-refractivity contribution in [3.8, 4) is 0 Å². The van der Waals surface area contributed by atoms with E-state index in [2.05, 4.69) is 20.1 Å². The number of methoxy groups -OCH3 is 1. The van der Waals surface area contributed by atoms with Gasteiger partial charge in [-0.15, -0.1) is 0 Å². The number of amides is 1. The largest absolute Gasteiger partial charge is 0.465 e. The third-order valence-electron chi connectivity index (χ3n) is 3.92. The SMILES string of the molecule is COC(=O)c1ccc2[nH]ccc2c1.NNC(=O)c1ccc2[nH]ccc2c1. The van der Waals surface area contributed by atoms with Crippen LogP contribution in [0, 0.1) is 0 Å². The Bertz CT molecular complexity index is 979. The summed E-state index contributed by atoms with van der Waals surface area (Å²) in [6.45, 7) is 0. The van der Waals surface area contributed by atoms with Crippen LogP contribution in [0.2, 0.25) is 0 Å². The van der Waals surface area contributed by atoms with Crippen LogP contribution in [-0.4, -0.2) is 29.0 Å². The summed E-state index contributed by atoms with van der Waals surface area (Å²) in [5.74, 6) is 4.44. The highest BCUT2D eigenvalue weighted by atomic mass is 16.5. The quantitative estimate of drug-likeness (QED) is 0.193. The van der Waals surface area contributed by atoms with Crippen LogP contribution in [0.15, 0.2) is 60.9 Å². The van der Waals surface area contributed by atoms with Gasteiger partial charge in [0.1, 0.15) is 0 Å². The average molecular weight is 350 g/mol. The maximum absolute atomic E-state index is 11.1. The summed E-state index contributed by atoms with van der Waals surface area (Å²) in [5.41, 5.74) is 5.26. The third-order valence-corrected chi connectivity index (χ3v) is 3.92. The second-order valence-corrected chi connectivity index (χ2v) is 5.52. The Balaban J connectivity index is 0.000000151. The maximum Gasteiger partial charge on any atom is 0.337 e. The second-order valence-electron chi connectivity index (χ2n) is 5.52. The van der Waals surface area contributed by atoms with Crippen molar-refractivity contribution in [1.29, 1.82) is 0 Å². The number of benzene rings is 2. The summed E-state index contributed by atoms with van der Waals surface area (Å²) in [4.78, 5) is 28.4. The fourth-order valence-electron chi connectivity index (χ4n) is 2.58. The molecule has 0 saturated heterocycles. The molecule has 0 atom stereocenters. The molecule has 2 aromatic heterocycles. The van der Waals surface area contributed by atoms with Crippen molar-refractivity contribution < 1.29 is 14.3 Å². The van der Waals surface area contributed by atoms with Crippen molar-refractivity contribution in [1.82, 2.24) is 15.4 Å². The van der Waals surface area contributed by atoms with Gasteiger partial charge in [0.05, 0.1) is 12.7 Å². The van der Waals surface area contributed by atoms with E-state index in [1.165, 1.54) is 7.11 Å². The number of carbonyl (C=O) groups excluding carboxylic acids is 2. The molecule has 7 heteroatoms. The maximum atomic E-state index is 11.1. The number of nitrogens with two attached hydrogens (primary N) is 1. The van der Waals surface area contributed by atoms with Gasteiger partial charge in [-0.05, 0) is 48.5 Å². The van der Waals surface area contributed by atoms with Crippen molar-refractivity contribution >= 4 is 33.7 Å². The zero-order valence-corrected chi connectivity index (χ0v) is 14.1. The van der Waals surface area contributed by atoms with Crippen molar-refractivity contribution in [2.24, 2.45) is 5.84 Å². The lowest BCUT2D eigenvalue weighted by atomic mass is 10.1. The summed E-state index contributed by atoms with van der Waals surface area (Å²) >= 11 is 0. The lowest BCUT2D eigenvalue weighted by molar-refractivity contribution is 0.0600. The molecule has 4 rings (SSSR count). The molecule has 0 radical (unpaired) electrons. The first kappa shape index (κ1) is 17.2. The Morgan fingerprint density at radius 1 is 0.885 bits per heavy atom. The first-order valence-electron chi connectivity index (χ1n) is 7.86. The summed E-state index contributed by atoms with van der Waals surface area (Å²) in [5, 5.41) is 2.02. The molecule has 132 valence electrons. The highest BCUT2D eigenvalue weighted by molar-refractivity contribution is 5.97. The van der Waals surface area contributed by atoms with Crippen LogP contribution in [0.5, 0.6) is 0 Å². The minimum absolute atomic E-state index is 0.275. The summed E-state index contributed by atoms with van der Waals surface area (Å²) in [6, 6.07) is 14.6. The van der Waals surface area contributed by atoms with Gasteiger partial charge in [0.25, 0.3) is 5.91 Å². The zero-order chi connectivity index (χ0) is 18.5. The predicted octanol–water partition coefficient (Wildman–Crippen LogP) is 2.73. The number of hydrazine groups is 1. The van der Waals surface area contributed by atoms with Crippen molar-refractivity contribution in [3.63, 3.8) is 0 Å². The van der Waals surface area contributed by atoms with E-state index in [-0.39, 0.29) is 11.9 Å². The van der Waals surface area contributed by atoms with Crippen LogP contribution in [0.4, 0.5) is 0 Å². The van der Waals surface area contributed by atoms with Crippen LogP contribution < -0.4 is 11.3 Å². The zero-order valence-electron chi connectivity index (χ0n) is 14.1. The fourth-order valence-corrected chi connectivity index (χ4v) is 2.58. The normalized spacial score (nSPS) is 10.2.